The van der Waals surface area contributed by atoms with E-state index in [2.05, 4.69) is 40.6 Å². The number of carbonyl (C=O) groups is 1. The lowest BCUT2D eigenvalue weighted by Crippen LogP contribution is -2.30. The number of rotatable bonds is 5. The molecule has 2 heterocycles. The normalized spacial score (nSPS) is 13.2. The zero-order chi connectivity index (χ0) is 21.4. The van der Waals surface area contributed by atoms with Crippen molar-refractivity contribution < 1.29 is 9.53 Å². The molecule has 31 heavy (non-hydrogen) atoms. The molecule has 4 aromatic rings. The molecule has 1 aliphatic rings. The Bertz CT molecular complexity index is 1240. The van der Waals surface area contributed by atoms with Crippen LogP contribution in [0.15, 0.2) is 67.0 Å². The van der Waals surface area contributed by atoms with Gasteiger partial charge < -0.3 is 14.6 Å². The lowest BCUT2D eigenvalue weighted by atomic mass is 9.91. The highest BCUT2D eigenvalue weighted by Crippen LogP contribution is 2.39. The number of fused-ring (bicyclic) bond motifs is 3. The molecule has 6 heteroatoms. The van der Waals surface area contributed by atoms with Gasteiger partial charge in [0, 0.05) is 24.3 Å². The van der Waals surface area contributed by atoms with Gasteiger partial charge in [0.1, 0.15) is 17.6 Å². The minimum Gasteiger partial charge on any atom is -0.497 e. The highest BCUT2D eigenvalue weighted by atomic mass is 32.1. The van der Waals surface area contributed by atoms with Gasteiger partial charge in [-0.05, 0) is 53.3 Å². The van der Waals surface area contributed by atoms with E-state index in [9.17, 15) is 4.79 Å². The average Bonchev–Trinajstić information content (AvgIpc) is 3.44. The highest BCUT2D eigenvalue weighted by Gasteiger charge is 2.25. The third-order valence-electron chi connectivity index (χ3n) is 5.80. The molecular weight excluding hydrogens is 406 g/mol. The number of hydrogen-bond donors (Lipinski definition) is 1. The molecule has 0 spiro atoms. The van der Waals surface area contributed by atoms with E-state index in [1.807, 2.05) is 42.1 Å². The molecule has 5 nitrogen and oxygen atoms in total. The van der Waals surface area contributed by atoms with E-state index < -0.39 is 0 Å². The van der Waals surface area contributed by atoms with Crippen molar-refractivity contribution in [1.82, 2.24) is 14.9 Å². The number of aryl methyl sites for hydroxylation is 3. The smallest absolute Gasteiger partial charge is 0.262 e. The summed E-state index contributed by atoms with van der Waals surface area (Å²) in [6, 6.07) is 17.9. The van der Waals surface area contributed by atoms with Crippen LogP contribution in [0.25, 0.3) is 10.4 Å². The predicted octanol–water partition coefficient (Wildman–Crippen LogP) is 4.78. The SMILES string of the molecule is COc1ccc([C@@H](NC(=O)c2cc3c(s2)-c2ccccc2CC3)c2nccn2C)cc1. The van der Waals surface area contributed by atoms with Crippen LogP contribution in [0.5, 0.6) is 5.75 Å². The number of aromatic nitrogens is 2. The number of hydrogen-bond acceptors (Lipinski definition) is 4. The number of benzene rings is 2. The highest BCUT2D eigenvalue weighted by molar-refractivity contribution is 7.17. The first-order valence-corrected chi connectivity index (χ1v) is 11.1. The fourth-order valence-electron chi connectivity index (χ4n) is 4.13. The van der Waals surface area contributed by atoms with Gasteiger partial charge in [-0.2, -0.15) is 0 Å². The molecule has 2 aromatic carbocycles. The summed E-state index contributed by atoms with van der Waals surface area (Å²) in [6.07, 6.45) is 5.62. The summed E-state index contributed by atoms with van der Waals surface area (Å²) in [5.41, 5.74) is 4.82. The molecule has 1 amide bonds. The molecule has 1 aliphatic carbocycles. The number of nitrogens with one attached hydrogen (secondary N) is 1. The Labute approximate surface area is 185 Å². The van der Waals surface area contributed by atoms with Gasteiger partial charge in [0.25, 0.3) is 5.91 Å². The first-order valence-electron chi connectivity index (χ1n) is 10.3. The Hall–Kier alpha value is -3.38. The third kappa shape index (κ3) is 3.64. The van der Waals surface area contributed by atoms with Crippen LogP contribution in [-0.2, 0) is 19.9 Å². The van der Waals surface area contributed by atoms with E-state index in [-0.39, 0.29) is 11.9 Å². The number of amides is 1. The van der Waals surface area contributed by atoms with E-state index in [1.54, 1.807) is 24.6 Å². The number of imidazole rings is 1. The molecule has 0 saturated carbocycles. The lowest BCUT2D eigenvalue weighted by Gasteiger charge is -2.19. The van der Waals surface area contributed by atoms with Gasteiger partial charge in [0.2, 0.25) is 0 Å². The van der Waals surface area contributed by atoms with Gasteiger partial charge in [0.05, 0.1) is 12.0 Å². The molecule has 0 bridgehead atoms. The Morgan fingerprint density at radius 2 is 1.90 bits per heavy atom. The molecule has 0 fully saturated rings. The standard InChI is InChI=1S/C25H23N3O2S/c1-28-14-13-26-24(28)22(17-9-11-19(30-2)12-10-17)27-25(29)21-15-18-8-7-16-5-3-4-6-20(16)23(18)31-21/h3-6,9-15,22H,7-8H2,1-2H3,(H,27,29)/t22-/m1/s1. The summed E-state index contributed by atoms with van der Waals surface area (Å²) in [6.45, 7) is 0. The second-order valence-corrected chi connectivity index (χ2v) is 8.75. The van der Waals surface area contributed by atoms with Crippen molar-refractivity contribution in [1.29, 1.82) is 0 Å². The third-order valence-corrected chi connectivity index (χ3v) is 7.01. The van der Waals surface area contributed by atoms with E-state index in [4.69, 9.17) is 4.74 Å². The first-order chi connectivity index (χ1) is 15.1. The van der Waals surface area contributed by atoms with Gasteiger partial charge in [-0.15, -0.1) is 11.3 Å². The first kappa shape index (κ1) is 19.6. The van der Waals surface area contributed by atoms with E-state index in [0.29, 0.717) is 0 Å². The molecular formula is C25H23N3O2S. The van der Waals surface area contributed by atoms with Crippen LogP contribution >= 0.6 is 11.3 Å². The Balaban J connectivity index is 1.47. The van der Waals surface area contributed by atoms with Crippen molar-refractivity contribution in [2.75, 3.05) is 7.11 Å². The topological polar surface area (TPSA) is 56.1 Å². The van der Waals surface area contributed by atoms with Gasteiger partial charge >= 0.3 is 0 Å². The van der Waals surface area contributed by atoms with E-state index >= 15 is 0 Å². The molecule has 5 rings (SSSR count). The minimum absolute atomic E-state index is 0.0827. The molecule has 0 radical (unpaired) electrons. The van der Waals surface area contributed by atoms with Crippen LogP contribution in [0.2, 0.25) is 0 Å². The van der Waals surface area contributed by atoms with Crippen LogP contribution in [0.4, 0.5) is 0 Å². The average molecular weight is 430 g/mol. The summed E-state index contributed by atoms with van der Waals surface area (Å²) in [7, 11) is 3.58. The van der Waals surface area contributed by atoms with Crippen LogP contribution in [0.3, 0.4) is 0 Å². The maximum absolute atomic E-state index is 13.3. The Morgan fingerprint density at radius 1 is 1.13 bits per heavy atom. The molecule has 1 N–H and O–H groups in total. The van der Waals surface area contributed by atoms with Crippen LogP contribution in [0.1, 0.15) is 38.2 Å². The van der Waals surface area contributed by atoms with Gasteiger partial charge in [-0.1, -0.05) is 36.4 Å². The number of ether oxygens (including phenoxy) is 1. The number of carbonyl (C=O) groups excluding carboxylic acids is 1. The molecule has 0 unspecified atom stereocenters. The van der Waals surface area contributed by atoms with Crippen molar-refractivity contribution in [3.8, 4) is 16.2 Å². The van der Waals surface area contributed by atoms with Crippen LogP contribution in [-0.4, -0.2) is 22.6 Å². The second kappa shape index (κ2) is 8.04. The monoisotopic (exact) mass is 429 g/mol. The van der Waals surface area contributed by atoms with Gasteiger partial charge in [-0.25, -0.2) is 4.98 Å². The van der Waals surface area contributed by atoms with Crippen molar-refractivity contribution in [2.45, 2.75) is 18.9 Å². The van der Waals surface area contributed by atoms with Crippen molar-refractivity contribution in [3.05, 3.63) is 94.4 Å². The van der Waals surface area contributed by atoms with Crippen molar-refractivity contribution in [3.63, 3.8) is 0 Å². The summed E-state index contributed by atoms with van der Waals surface area (Å²) in [5, 5.41) is 3.21. The molecule has 156 valence electrons. The summed E-state index contributed by atoms with van der Waals surface area (Å²) in [5.74, 6) is 1.48. The molecule has 2 aromatic heterocycles. The molecule has 0 saturated heterocycles. The number of methoxy groups -OCH3 is 1. The fourth-order valence-corrected chi connectivity index (χ4v) is 5.31. The quantitative estimate of drug-likeness (QED) is 0.497. The Morgan fingerprint density at radius 3 is 2.65 bits per heavy atom. The molecule has 0 aliphatic heterocycles. The van der Waals surface area contributed by atoms with E-state index in [0.717, 1.165) is 34.9 Å². The van der Waals surface area contributed by atoms with Crippen molar-refractivity contribution in [2.24, 2.45) is 7.05 Å². The summed E-state index contributed by atoms with van der Waals surface area (Å²) < 4.78 is 7.22. The predicted molar refractivity (Wildman–Crippen MR) is 123 cm³/mol. The van der Waals surface area contributed by atoms with Crippen molar-refractivity contribution >= 4 is 17.2 Å². The lowest BCUT2D eigenvalue weighted by molar-refractivity contribution is 0.0945. The zero-order valence-corrected chi connectivity index (χ0v) is 18.3. The fraction of sp³-hybridized carbons (Fsp3) is 0.200. The Kier molecular flexibility index (Phi) is 5.08. The van der Waals surface area contributed by atoms with Gasteiger partial charge in [-0.3, -0.25) is 4.79 Å². The maximum atomic E-state index is 13.3. The van der Waals surface area contributed by atoms with Gasteiger partial charge in [0.15, 0.2) is 0 Å². The van der Waals surface area contributed by atoms with Crippen LogP contribution in [0, 0.1) is 0 Å². The zero-order valence-electron chi connectivity index (χ0n) is 17.5. The number of nitrogens with zero attached hydrogens (tertiary/aromatic N) is 2. The second-order valence-electron chi connectivity index (χ2n) is 7.70. The van der Waals surface area contributed by atoms with E-state index in [1.165, 1.54) is 21.6 Å². The minimum atomic E-state index is -0.357. The molecule has 1 atom stereocenters. The number of thiophene rings is 1. The van der Waals surface area contributed by atoms with Crippen LogP contribution < -0.4 is 10.1 Å². The maximum Gasteiger partial charge on any atom is 0.262 e. The summed E-state index contributed by atoms with van der Waals surface area (Å²) in [4.78, 5) is 19.8. The largest absolute Gasteiger partial charge is 0.497 e. The summed E-state index contributed by atoms with van der Waals surface area (Å²) >= 11 is 1.57.